The Kier molecular flexibility index (Phi) is 3.71. The number of fused-ring (bicyclic) bond motifs is 3. The average Bonchev–Trinajstić information content (AvgIpc) is 2.88. The second-order valence-corrected chi connectivity index (χ2v) is 6.42. The summed E-state index contributed by atoms with van der Waals surface area (Å²) < 4.78 is 1.36. The van der Waals surface area contributed by atoms with E-state index in [-0.39, 0.29) is 12.1 Å². The second-order valence-electron chi connectivity index (χ2n) is 5.33. The third-order valence-electron chi connectivity index (χ3n) is 4.09. The molecule has 3 rings (SSSR count). The highest BCUT2D eigenvalue weighted by atomic mass is 32.1. The summed E-state index contributed by atoms with van der Waals surface area (Å²) in [4.78, 5) is 30.4. The van der Waals surface area contributed by atoms with E-state index in [0.717, 1.165) is 17.7 Å². The zero-order chi connectivity index (χ0) is 15.9. The molecular formula is C15H15N3O3S. The van der Waals surface area contributed by atoms with Gasteiger partial charge in [0.05, 0.1) is 17.4 Å². The maximum absolute atomic E-state index is 12.8. The lowest BCUT2D eigenvalue weighted by Crippen LogP contribution is -2.26. The normalized spacial score (nSPS) is 17.2. The van der Waals surface area contributed by atoms with Crippen molar-refractivity contribution in [1.82, 2.24) is 9.55 Å². The molecular weight excluding hydrogens is 302 g/mol. The lowest BCUT2D eigenvalue weighted by Gasteiger charge is -2.19. The van der Waals surface area contributed by atoms with Crippen LogP contribution in [-0.2, 0) is 24.2 Å². The first kappa shape index (κ1) is 14.7. The van der Waals surface area contributed by atoms with Gasteiger partial charge in [0.15, 0.2) is 0 Å². The Labute approximate surface area is 130 Å². The lowest BCUT2D eigenvalue weighted by atomic mass is 9.86. The molecule has 2 aromatic rings. The molecule has 7 heteroatoms. The van der Waals surface area contributed by atoms with Crippen molar-refractivity contribution in [2.75, 3.05) is 0 Å². The molecule has 2 heterocycles. The lowest BCUT2D eigenvalue weighted by molar-refractivity contribution is -0.139. The van der Waals surface area contributed by atoms with Crippen LogP contribution in [0, 0.1) is 11.3 Å². The Hall–Kier alpha value is -2.20. The van der Waals surface area contributed by atoms with Crippen LogP contribution in [0.3, 0.4) is 0 Å². The molecule has 2 aromatic heterocycles. The van der Waals surface area contributed by atoms with Crippen LogP contribution in [-0.4, -0.2) is 20.6 Å². The van der Waals surface area contributed by atoms with Crippen molar-refractivity contribution in [3.8, 4) is 6.07 Å². The molecule has 0 saturated heterocycles. The molecule has 1 aliphatic rings. The maximum Gasteiger partial charge on any atom is 0.311 e. The van der Waals surface area contributed by atoms with E-state index in [1.165, 1.54) is 15.9 Å². The Morgan fingerprint density at radius 3 is 3.00 bits per heavy atom. The predicted molar refractivity (Wildman–Crippen MR) is 82.2 cm³/mol. The summed E-state index contributed by atoms with van der Waals surface area (Å²) in [6, 6.07) is 1.98. The highest BCUT2D eigenvalue weighted by molar-refractivity contribution is 7.18. The highest BCUT2D eigenvalue weighted by Gasteiger charge is 2.32. The molecule has 1 aliphatic carbocycles. The first-order chi connectivity index (χ1) is 10.6. The minimum Gasteiger partial charge on any atom is -0.481 e. The Morgan fingerprint density at radius 1 is 1.59 bits per heavy atom. The SMILES string of the molecule is CCc1nc2sc3c(c2c(=O)n1CC#N)C(C(=O)O)CCC3. The molecule has 6 nitrogen and oxygen atoms in total. The molecule has 0 radical (unpaired) electrons. The fourth-order valence-corrected chi connectivity index (χ4v) is 4.39. The largest absolute Gasteiger partial charge is 0.481 e. The first-order valence-electron chi connectivity index (χ1n) is 7.23. The first-order valence-corrected chi connectivity index (χ1v) is 8.04. The quantitative estimate of drug-likeness (QED) is 0.934. The number of aliphatic carboxylic acids is 1. The van der Waals surface area contributed by atoms with Gasteiger partial charge in [-0.05, 0) is 24.8 Å². The van der Waals surface area contributed by atoms with Gasteiger partial charge in [0.2, 0.25) is 0 Å². The highest BCUT2D eigenvalue weighted by Crippen LogP contribution is 2.40. The third kappa shape index (κ3) is 2.11. The van der Waals surface area contributed by atoms with Gasteiger partial charge in [0.25, 0.3) is 5.56 Å². The van der Waals surface area contributed by atoms with E-state index >= 15 is 0 Å². The predicted octanol–water partition coefficient (Wildman–Crippen LogP) is 2.05. The number of aryl methyl sites for hydroxylation is 2. The van der Waals surface area contributed by atoms with E-state index in [0.29, 0.717) is 34.4 Å². The van der Waals surface area contributed by atoms with E-state index in [2.05, 4.69) is 4.98 Å². The van der Waals surface area contributed by atoms with Crippen molar-refractivity contribution >= 4 is 27.5 Å². The summed E-state index contributed by atoms with van der Waals surface area (Å²) in [6.45, 7) is 1.82. The number of hydrogen-bond donors (Lipinski definition) is 1. The number of carbonyl (C=O) groups is 1. The fourth-order valence-electron chi connectivity index (χ4n) is 3.11. The summed E-state index contributed by atoms with van der Waals surface area (Å²) in [6.07, 6.45) is 2.70. The smallest absolute Gasteiger partial charge is 0.311 e. The molecule has 0 fully saturated rings. The number of thiophene rings is 1. The number of carboxylic acids is 1. The molecule has 1 unspecified atom stereocenters. The summed E-state index contributed by atoms with van der Waals surface area (Å²) in [5.74, 6) is -0.967. The van der Waals surface area contributed by atoms with Gasteiger partial charge >= 0.3 is 5.97 Å². The minimum atomic E-state index is -0.897. The molecule has 1 N–H and O–H groups in total. The van der Waals surface area contributed by atoms with Crippen LogP contribution >= 0.6 is 11.3 Å². The molecule has 1 atom stereocenters. The van der Waals surface area contributed by atoms with Crippen LogP contribution in [0.2, 0.25) is 0 Å². The van der Waals surface area contributed by atoms with Crippen molar-refractivity contribution in [2.24, 2.45) is 0 Å². The summed E-state index contributed by atoms with van der Waals surface area (Å²) in [5, 5.41) is 18.8. The van der Waals surface area contributed by atoms with Crippen LogP contribution in [0.15, 0.2) is 4.79 Å². The second kappa shape index (κ2) is 5.54. The molecule has 22 heavy (non-hydrogen) atoms. The molecule has 114 valence electrons. The van der Waals surface area contributed by atoms with Gasteiger partial charge in [-0.3, -0.25) is 14.2 Å². The summed E-state index contributed by atoms with van der Waals surface area (Å²) in [7, 11) is 0. The third-order valence-corrected chi connectivity index (χ3v) is 5.25. The molecule has 0 amide bonds. The summed E-state index contributed by atoms with van der Waals surface area (Å²) >= 11 is 1.42. The van der Waals surface area contributed by atoms with Gasteiger partial charge < -0.3 is 5.11 Å². The number of hydrogen-bond acceptors (Lipinski definition) is 5. The number of carboxylic acid groups (broad SMARTS) is 1. The van der Waals surface area contributed by atoms with Crippen LogP contribution in [0.25, 0.3) is 10.2 Å². The number of nitrogens with zero attached hydrogens (tertiary/aromatic N) is 3. The van der Waals surface area contributed by atoms with Crippen molar-refractivity contribution in [3.05, 3.63) is 26.6 Å². The molecule has 0 aliphatic heterocycles. The molecule has 0 saturated carbocycles. The number of aromatic nitrogens is 2. The van der Waals surface area contributed by atoms with Crippen LogP contribution < -0.4 is 5.56 Å². The molecule has 0 spiro atoms. The van der Waals surface area contributed by atoms with Crippen LogP contribution in [0.5, 0.6) is 0 Å². The van der Waals surface area contributed by atoms with E-state index in [9.17, 15) is 14.7 Å². The Balaban J connectivity index is 2.37. The zero-order valence-electron chi connectivity index (χ0n) is 12.1. The van der Waals surface area contributed by atoms with E-state index in [1.54, 1.807) is 0 Å². The zero-order valence-corrected chi connectivity index (χ0v) is 12.9. The molecule has 0 bridgehead atoms. The Bertz CT molecular complexity index is 860. The van der Waals surface area contributed by atoms with E-state index in [4.69, 9.17) is 5.26 Å². The maximum atomic E-state index is 12.8. The topological polar surface area (TPSA) is 96.0 Å². The van der Waals surface area contributed by atoms with Crippen molar-refractivity contribution < 1.29 is 9.90 Å². The van der Waals surface area contributed by atoms with E-state index in [1.807, 2.05) is 13.0 Å². The number of rotatable bonds is 3. The van der Waals surface area contributed by atoms with Gasteiger partial charge in [0, 0.05) is 11.3 Å². The van der Waals surface area contributed by atoms with Gasteiger partial charge in [-0.2, -0.15) is 5.26 Å². The molecule has 0 aromatic carbocycles. The average molecular weight is 317 g/mol. The minimum absolute atomic E-state index is 0.0622. The van der Waals surface area contributed by atoms with Crippen LogP contribution in [0.4, 0.5) is 0 Å². The van der Waals surface area contributed by atoms with Gasteiger partial charge in [-0.15, -0.1) is 11.3 Å². The van der Waals surface area contributed by atoms with Gasteiger partial charge in [-0.25, -0.2) is 4.98 Å². The monoisotopic (exact) mass is 317 g/mol. The van der Waals surface area contributed by atoms with Gasteiger partial charge in [-0.1, -0.05) is 6.92 Å². The Morgan fingerprint density at radius 2 is 2.36 bits per heavy atom. The van der Waals surface area contributed by atoms with Crippen molar-refractivity contribution in [2.45, 2.75) is 45.1 Å². The van der Waals surface area contributed by atoms with Crippen molar-refractivity contribution in [1.29, 1.82) is 5.26 Å². The van der Waals surface area contributed by atoms with E-state index < -0.39 is 11.9 Å². The van der Waals surface area contributed by atoms with Gasteiger partial charge in [0.1, 0.15) is 17.2 Å². The number of nitriles is 1. The van der Waals surface area contributed by atoms with Crippen LogP contribution in [0.1, 0.15) is 41.9 Å². The summed E-state index contributed by atoms with van der Waals surface area (Å²) in [5.41, 5.74) is 0.347. The van der Waals surface area contributed by atoms with Crippen molar-refractivity contribution in [3.63, 3.8) is 0 Å². The standard InChI is InChI=1S/C15H15N3O3S/c1-2-10-17-13-12(14(19)18(10)7-6-16)11-8(15(20)21)4-3-5-9(11)22-13/h8H,2-5,7H2,1H3,(H,20,21). The fraction of sp³-hybridized carbons (Fsp3) is 0.467.